The highest BCUT2D eigenvalue weighted by molar-refractivity contribution is 7.98. The number of pyridine rings is 1. The molecule has 2 aromatic rings. The summed E-state index contributed by atoms with van der Waals surface area (Å²) in [7, 11) is 0. The summed E-state index contributed by atoms with van der Waals surface area (Å²) in [6.45, 7) is 3.57. The summed E-state index contributed by atoms with van der Waals surface area (Å²) in [5.41, 5.74) is 1.18. The summed E-state index contributed by atoms with van der Waals surface area (Å²) in [5.74, 6) is 0.795. The van der Waals surface area contributed by atoms with Crippen molar-refractivity contribution in [3.8, 4) is 5.75 Å². The second-order valence-corrected chi connectivity index (χ2v) is 4.03. The van der Waals surface area contributed by atoms with Gasteiger partial charge in [0.15, 0.2) is 5.75 Å². The highest BCUT2D eigenvalue weighted by Crippen LogP contribution is 2.30. The summed E-state index contributed by atoms with van der Waals surface area (Å²) in [6.07, 6.45) is 3.65. The number of aryl methyl sites for hydroxylation is 2. The first kappa shape index (κ1) is 10.2. The highest BCUT2D eigenvalue weighted by atomic mass is 32.2. The smallest absolute Gasteiger partial charge is 0.163 e. The van der Waals surface area contributed by atoms with Crippen molar-refractivity contribution in [3.63, 3.8) is 0 Å². The van der Waals surface area contributed by atoms with Gasteiger partial charge in [0.05, 0.1) is 11.1 Å². The number of fused-ring (bicyclic) bond motifs is 1. The monoisotopic (exact) mass is 221 g/mol. The van der Waals surface area contributed by atoms with E-state index in [9.17, 15) is 5.11 Å². The van der Waals surface area contributed by atoms with Gasteiger partial charge in [-0.3, -0.25) is 0 Å². The van der Waals surface area contributed by atoms with Crippen LogP contribution in [0.25, 0.3) is 10.9 Å². The molecule has 0 unspecified atom stereocenters. The lowest BCUT2D eigenvalue weighted by Gasteiger charge is -2.07. The largest absolute Gasteiger partial charge is 0.504 e. The van der Waals surface area contributed by atoms with Gasteiger partial charge in [-0.1, -0.05) is 0 Å². The minimum atomic E-state index is 0.147. The Bertz CT molecular complexity index is 528. The molecule has 0 amide bonds. The molecule has 2 rings (SSSR count). The molecular formula is C10H11N3OS. The normalized spacial score (nSPS) is 10.9. The molecule has 0 radical (unpaired) electrons. The van der Waals surface area contributed by atoms with E-state index in [1.54, 1.807) is 20.0 Å². The van der Waals surface area contributed by atoms with Gasteiger partial charge in [0, 0.05) is 6.20 Å². The van der Waals surface area contributed by atoms with Crippen molar-refractivity contribution in [2.24, 2.45) is 0 Å². The lowest BCUT2D eigenvalue weighted by Crippen LogP contribution is -1.94. The van der Waals surface area contributed by atoms with Crippen molar-refractivity contribution in [2.75, 3.05) is 6.26 Å². The Balaban J connectivity index is 2.90. The fourth-order valence-corrected chi connectivity index (χ4v) is 2.00. The molecule has 1 N–H and O–H groups in total. The van der Waals surface area contributed by atoms with E-state index < -0.39 is 0 Å². The van der Waals surface area contributed by atoms with Crippen molar-refractivity contribution in [2.45, 2.75) is 18.9 Å². The van der Waals surface area contributed by atoms with Crippen molar-refractivity contribution >= 4 is 22.7 Å². The van der Waals surface area contributed by atoms with Gasteiger partial charge in [0.2, 0.25) is 0 Å². The molecule has 0 bridgehead atoms. The highest BCUT2D eigenvalue weighted by Gasteiger charge is 2.11. The van der Waals surface area contributed by atoms with Crippen LogP contribution >= 0.6 is 11.8 Å². The average Bonchev–Trinajstić information content (AvgIpc) is 2.23. The van der Waals surface area contributed by atoms with Crippen molar-refractivity contribution in [1.82, 2.24) is 15.0 Å². The SMILES string of the molecule is CSc1nc(C)c(O)c2nc(C)ncc12. The average molecular weight is 221 g/mol. The number of hydrogen-bond acceptors (Lipinski definition) is 5. The van der Waals surface area contributed by atoms with Crippen molar-refractivity contribution in [1.29, 1.82) is 0 Å². The second-order valence-electron chi connectivity index (χ2n) is 3.23. The molecular weight excluding hydrogens is 210 g/mol. The Hall–Kier alpha value is -1.36. The first-order valence-corrected chi connectivity index (χ1v) is 5.73. The third-order valence-electron chi connectivity index (χ3n) is 2.17. The Labute approximate surface area is 91.8 Å². The lowest BCUT2D eigenvalue weighted by molar-refractivity contribution is 0.471. The Morgan fingerprint density at radius 1 is 1.27 bits per heavy atom. The molecule has 4 nitrogen and oxygen atoms in total. The zero-order chi connectivity index (χ0) is 11.0. The molecule has 5 heteroatoms. The number of aromatic nitrogens is 3. The maximum Gasteiger partial charge on any atom is 0.163 e. The van der Waals surface area contributed by atoms with Crippen LogP contribution in [0.4, 0.5) is 0 Å². The zero-order valence-corrected chi connectivity index (χ0v) is 9.59. The molecule has 78 valence electrons. The van der Waals surface area contributed by atoms with Crippen LogP contribution in [0.3, 0.4) is 0 Å². The van der Waals surface area contributed by atoms with Crippen LogP contribution in [-0.2, 0) is 0 Å². The van der Waals surface area contributed by atoms with Gasteiger partial charge >= 0.3 is 0 Å². The Morgan fingerprint density at radius 3 is 2.67 bits per heavy atom. The van der Waals surface area contributed by atoms with Crippen LogP contribution in [0.1, 0.15) is 11.5 Å². The van der Waals surface area contributed by atoms with E-state index in [1.807, 2.05) is 6.26 Å². The van der Waals surface area contributed by atoms with Crippen LogP contribution < -0.4 is 0 Å². The van der Waals surface area contributed by atoms with Crippen molar-refractivity contribution in [3.05, 3.63) is 17.7 Å². The summed E-state index contributed by atoms with van der Waals surface area (Å²) < 4.78 is 0. The molecule has 0 saturated heterocycles. The van der Waals surface area contributed by atoms with E-state index in [4.69, 9.17) is 0 Å². The van der Waals surface area contributed by atoms with Gasteiger partial charge in [0.25, 0.3) is 0 Å². The van der Waals surface area contributed by atoms with Crippen molar-refractivity contribution < 1.29 is 5.11 Å². The fourth-order valence-electron chi connectivity index (χ4n) is 1.40. The third kappa shape index (κ3) is 1.63. The van der Waals surface area contributed by atoms with E-state index in [0.717, 1.165) is 10.4 Å². The quantitative estimate of drug-likeness (QED) is 0.747. The fraction of sp³-hybridized carbons (Fsp3) is 0.300. The zero-order valence-electron chi connectivity index (χ0n) is 8.77. The summed E-state index contributed by atoms with van der Waals surface area (Å²) in [6, 6.07) is 0. The molecule has 0 aromatic carbocycles. The number of rotatable bonds is 1. The lowest BCUT2D eigenvalue weighted by atomic mass is 10.2. The minimum Gasteiger partial charge on any atom is -0.504 e. The van der Waals surface area contributed by atoms with Gasteiger partial charge in [-0.05, 0) is 20.1 Å². The molecule has 0 aliphatic heterocycles. The van der Waals surface area contributed by atoms with Crippen LogP contribution in [0.15, 0.2) is 11.2 Å². The molecule has 2 aromatic heterocycles. The van der Waals surface area contributed by atoms with E-state index in [0.29, 0.717) is 17.0 Å². The molecule has 0 fully saturated rings. The maximum atomic E-state index is 9.84. The molecule has 0 atom stereocenters. The third-order valence-corrected chi connectivity index (χ3v) is 2.87. The van der Waals surface area contributed by atoms with Gasteiger partial charge in [-0.15, -0.1) is 11.8 Å². The topological polar surface area (TPSA) is 58.9 Å². The van der Waals surface area contributed by atoms with Gasteiger partial charge in [0.1, 0.15) is 16.4 Å². The van der Waals surface area contributed by atoms with E-state index in [2.05, 4.69) is 15.0 Å². The summed E-state index contributed by atoms with van der Waals surface area (Å²) in [5, 5.41) is 11.5. The number of nitrogens with zero attached hydrogens (tertiary/aromatic N) is 3. The Kier molecular flexibility index (Phi) is 2.48. The molecule has 0 aliphatic rings. The van der Waals surface area contributed by atoms with Crippen LogP contribution in [0, 0.1) is 13.8 Å². The summed E-state index contributed by atoms with van der Waals surface area (Å²) >= 11 is 1.52. The predicted octanol–water partition coefficient (Wildman–Crippen LogP) is 2.07. The number of thioether (sulfide) groups is 1. The van der Waals surface area contributed by atoms with Crippen LogP contribution in [0.2, 0.25) is 0 Å². The van der Waals surface area contributed by atoms with Gasteiger partial charge in [-0.2, -0.15) is 0 Å². The predicted molar refractivity (Wildman–Crippen MR) is 60.3 cm³/mol. The molecule has 15 heavy (non-hydrogen) atoms. The van der Waals surface area contributed by atoms with E-state index in [-0.39, 0.29) is 5.75 Å². The first-order valence-electron chi connectivity index (χ1n) is 4.50. The van der Waals surface area contributed by atoms with Gasteiger partial charge in [-0.25, -0.2) is 15.0 Å². The van der Waals surface area contributed by atoms with Gasteiger partial charge < -0.3 is 5.11 Å². The Morgan fingerprint density at radius 2 is 2.00 bits per heavy atom. The molecule has 2 heterocycles. The van der Waals surface area contributed by atoms with E-state index >= 15 is 0 Å². The van der Waals surface area contributed by atoms with Crippen LogP contribution in [-0.4, -0.2) is 26.3 Å². The second kappa shape index (κ2) is 3.66. The summed E-state index contributed by atoms with van der Waals surface area (Å²) in [4.78, 5) is 12.6. The van der Waals surface area contributed by atoms with Crippen LogP contribution in [0.5, 0.6) is 5.75 Å². The number of aromatic hydroxyl groups is 1. The molecule has 0 saturated carbocycles. The number of hydrogen-bond donors (Lipinski definition) is 1. The van der Waals surface area contributed by atoms with E-state index in [1.165, 1.54) is 11.8 Å². The minimum absolute atomic E-state index is 0.147. The molecule has 0 spiro atoms. The maximum absolute atomic E-state index is 9.84. The standard InChI is InChI=1S/C10H11N3OS/c1-5-9(14)8-7(10(12-5)15-3)4-11-6(2)13-8/h4,14H,1-3H3. The first-order chi connectivity index (χ1) is 7.13. The molecule has 0 aliphatic carbocycles.